The maximum absolute atomic E-state index is 12.5. The van der Waals surface area contributed by atoms with Crippen LogP contribution in [0.5, 0.6) is 5.75 Å². The van der Waals surface area contributed by atoms with Gasteiger partial charge in [-0.05, 0) is 25.1 Å². The van der Waals surface area contributed by atoms with Crippen LogP contribution in [0.25, 0.3) is 0 Å². The third-order valence-electron chi connectivity index (χ3n) is 3.22. The number of ether oxygens (including phenoxy) is 1. The Bertz CT molecular complexity index is 566. The number of benzene rings is 2. The predicted octanol–water partition coefficient (Wildman–Crippen LogP) is 3.29. The summed E-state index contributed by atoms with van der Waals surface area (Å²) in [5.41, 5.74) is 1.84. The maximum atomic E-state index is 12.5. The van der Waals surface area contributed by atoms with Crippen molar-refractivity contribution in [3.63, 3.8) is 0 Å². The summed E-state index contributed by atoms with van der Waals surface area (Å²) in [5.74, 6) is 0.827. The molecule has 0 N–H and O–H groups in total. The zero-order valence-corrected chi connectivity index (χ0v) is 11.9. The molecule has 3 heteroatoms. The molecular formula is C17H19NO2. The van der Waals surface area contributed by atoms with Crippen molar-refractivity contribution < 1.29 is 9.53 Å². The topological polar surface area (TPSA) is 29.5 Å². The van der Waals surface area contributed by atoms with E-state index in [9.17, 15) is 4.79 Å². The van der Waals surface area contributed by atoms with Crippen LogP contribution >= 0.6 is 0 Å². The molecule has 1 amide bonds. The van der Waals surface area contributed by atoms with Crippen molar-refractivity contribution >= 4 is 11.6 Å². The largest absolute Gasteiger partial charge is 0.496 e. The lowest BCUT2D eigenvalue weighted by molar-refractivity contribution is -0.118. The molecule has 0 aromatic heterocycles. The first-order valence-electron chi connectivity index (χ1n) is 6.73. The molecule has 0 heterocycles. The molecule has 0 radical (unpaired) electrons. The highest BCUT2D eigenvalue weighted by atomic mass is 16.5. The highest BCUT2D eigenvalue weighted by Crippen LogP contribution is 2.20. The van der Waals surface area contributed by atoms with Crippen molar-refractivity contribution in [1.82, 2.24) is 0 Å². The first kappa shape index (κ1) is 14.1. The van der Waals surface area contributed by atoms with E-state index in [0.717, 1.165) is 17.0 Å². The first-order valence-corrected chi connectivity index (χ1v) is 6.73. The number of amides is 1. The molecular weight excluding hydrogens is 250 g/mol. The van der Waals surface area contributed by atoms with Crippen molar-refractivity contribution in [2.45, 2.75) is 13.3 Å². The average Bonchev–Trinajstić information content (AvgIpc) is 2.49. The lowest BCUT2D eigenvalue weighted by Gasteiger charge is -2.21. The van der Waals surface area contributed by atoms with Crippen LogP contribution in [0.4, 0.5) is 5.69 Å². The Morgan fingerprint density at radius 2 is 1.70 bits per heavy atom. The SMILES string of the molecule is CCN(C(=O)Cc1ccccc1OC)c1ccccc1. The van der Waals surface area contributed by atoms with Crippen LogP contribution in [0.15, 0.2) is 54.6 Å². The minimum absolute atomic E-state index is 0.0724. The van der Waals surface area contributed by atoms with E-state index in [-0.39, 0.29) is 5.91 Å². The van der Waals surface area contributed by atoms with E-state index in [2.05, 4.69) is 0 Å². The fraction of sp³-hybridized carbons (Fsp3) is 0.235. The number of hydrogen-bond acceptors (Lipinski definition) is 2. The number of para-hydroxylation sites is 2. The molecule has 20 heavy (non-hydrogen) atoms. The Kier molecular flexibility index (Phi) is 4.77. The van der Waals surface area contributed by atoms with Crippen molar-refractivity contribution in [3.8, 4) is 5.75 Å². The molecule has 104 valence electrons. The molecule has 3 nitrogen and oxygen atoms in total. The van der Waals surface area contributed by atoms with Gasteiger partial charge in [0.1, 0.15) is 5.75 Å². The van der Waals surface area contributed by atoms with Crippen LogP contribution in [0, 0.1) is 0 Å². The Morgan fingerprint density at radius 3 is 2.35 bits per heavy atom. The number of anilines is 1. The van der Waals surface area contributed by atoms with Gasteiger partial charge in [0.05, 0.1) is 13.5 Å². The highest BCUT2D eigenvalue weighted by molar-refractivity contribution is 5.95. The normalized spacial score (nSPS) is 10.1. The second-order valence-electron chi connectivity index (χ2n) is 4.46. The Labute approximate surface area is 119 Å². The number of methoxy groups -OCH3 is 1. The Morgan fingerprint density at radius 1 is 1.05 bits per heavy atom. The average molecular weight is 269 g/mol. The number of carbonyl (C=O) groups is 1. The molecule has 2 aromatic carbocycles. The molecule has 0 aliphatic carbocycles. The Balaban J connectivity index is 2.18. The van der Waals surface area contributed by atoms with E-state index >= 15 is 0 Å². The van der Waals surface area contributed by atoms with Crippen molar-refractivity contribution in [2.75, 3.05) is 18.6 Å². The number of nitrogens with zero attached hydrogens (tertiary/aromatic N) is 1. The van der Waals surface area contributed by atoms with Crippen LogP contribution in [-0.2, 0) is 11.2 Å². The number of likely N-dealkylation sites (N-methyl/N-ethyl adjacent to an activating group) is 1. The summed E-state index contributed by atoms with van der Waals surface area (Å²) in [6.45, 7) is 2.63. The second kappa shape index (κ2) is 6.75. The minimum Gasteiger partial charge on any atom is -0.496 e. The van der Waals surface area contributed by atoms with Crippen molar-refractivity contribution in [2.24, 2.45) is 0 Å². The van der Waals surface area contributed by atoms with Gasteiger partial charge in [-0.2, -0.15) is 0 Å². The van der Waals surface area contributed by atoms with Gasteiger partial charge in [0.25, 0.3) is 0 Å². The quantitative estimate of drug-likeness (QED) is 0.833. The fourth-order valence-corrected chi connectivity index (χ4v) is 2.22. The number of hydrogen-bond donors (Lipinski definition) is 0. The van der Waals surface area contributed by atoms with Gasteiger partial charge in [0.15, 0.2) is 0 Å². The molecule has 0 unspecified atom stereocenters. The van der Waals surface area contributed by atoms with Gasteiger partial charge >= 0.3 is 0 Å². The van der Waals surface area contributed by atoms with Gasteiger partial charge in [-0.1, -0.05) is 36.4 Å². The lowest BCUT2D eigenvalue weighted by Crippen LogP contribution is -2.32. The van der Waals surface area contributed by atoms with E-state index in [4.69, 9.17) is 4.74 Å². The zero-order valence-electron chi connectivity index (χ0n) is 11.9. The van der Waals surface area contributed by atoms with E-state index < -0.39 is 0 Å². The summed E-state index contributed by atoms with van der Waals surface area (Å²) in [6.07, 6.45) is 0.340. The third-order valence-corrected chi connectivity index (χ3v) is 3.22. The van der Waals surface area contributed by atoms with Gasteiger partial charge in [-0.3, -0.25) is 4.79 Å². The Hall–Kier alpha value is -2.29. The van der Waals surface area contributed by atoms with Crippen LogP contribution in [-0.4, -0.2) is 19.6 Å². The molecule has 0 aliphatic heterocycles. The number of carbonyl (C=O) groups excluding carboxylic acids is 1. The summed E-state index contributed by atoms with van der Waals surface area (Å²) < 4.78 is 5.29. The van der Waals surface area contributed by atoms with Gasteiger partial charge < -0.3 is 9.64 Å². The molecule has 2 aromatic rings. The summed E-state index contributed by atoms with van der Waals surface area (Å²) in [5, 5.41) is 0. The van der Waals surface area contributed by atoms with E-state index in [1.54, 1.807) is 12.0 Å². The molecule has 2 rings (SSSR count). The lowest BCUT2D eigenvalue weighted by atomic mass is 10.1. The van der Waals surface area contributed by atoms with Crippen molar-refractivity contribution in [1.29, 1.82) is 0 Å². The van der Waals surface area contributed by atoms with E-state index in [0.29, 0.717) is 13.0 Å². The van der Waals surface area contributed by atoms with Crippen LogP contribution in [0.1, 0.15) is 12.5 Å². The van der Waals surface area contributed by atoms with Crippen LogP contribution in [0.2, 0.25) is 0 Å². The fourth-order valence-electron chi connectivity index (χ4n) is 2.22. The monoisotopic (exact) mass is 269 g/mol. The van der Waals surface area contributed by atoms with Crippen LogP contribution < -0.4 is 9.64 Å². The standard InChI is InChI=1S/C17H19NO2/c1-3-18(15-10-5-4-6-11-15)17(19)13-14-9-7-8-12-16(14)20-2/h4-12H,3,13H2,1-2H3. The van der Waals surface area contributed by atoms with Crippen molar-refractivity contribution in [3.05, 3.63) is 60.2 Å². The highest BCUT2D eigenvalue weighted by Gasteiger charge is 2.15. The minimum atomic E-state index is 0.0724. The van der Waals surface area contributed by atoms with E-state index in [1.807, 2.05) is 61.5 Å². The molecule has 0 saturated heterocycles. The van der Waals surface area contributed by atoms with Gasteiger partial charge in [-0.15, -0.1) is 0 Å². The van der Waals surface area contributed by atoms with Gasteiger partial charge in [0, 0.05) is 17.8 Å². The molecule has 0 spiro atoms. The first-order chi connectivity index (χ1) is 9.76. The third kappa shape index (κ3) is 3.18. The maximum Gasteiger partial charge on any atom is 0.231 e. The molecule has 0 atom stereocenters. The number of rotatable bonds is 5. The zero-order chi connectivity index (χ0) is 14.4. The predicted molar refractivity (Wildman–Crippen MR) is 81.2 cm³/mol. The summed E-state index contributed by atoms with van der Waals surface area (Å²) in [6, 6.07) is 17.3. The summed E-state index contributed by atoms with van der Waals surface area (Å²) in [4.78, 5) is 14.3. The van der Waals surface area contributed by atoms with Gasteiger partial charge in [-0.25, -0.2) is 0 Å². The van der Waals surface area contributed by atoms with Gasteiger partial charge in [0.2, 0.25) is 5.91 Å². The van der Waals surface area contributed by atoms with E-state index in [1.165, 1.54) is 0 Å². The molecule has 0 aliphatic rings. The molecule has 0 bridgehead atoms. The smallest absolute Gasteiger partial charge is 0.231 e. The summed E-state index contributed by atoms with van der Waals surface area (Å²) >= 11 is 0. The van der Waals surface area contributed by atoms with Crippen LogP contribution in [0.3, 0.4) is 0 Å². The molecule has 0 saturated carbocycles. The summed E-state index contributed by atoms with van der Waals surface area (Å²) in [7, 11) is 1.62. The molecule has 0 fully saturated rings. The second-order valence-corrected chi connectivity index (χ2v) is 4.46.